The van der Waals surface area contributed by atoms with E-state index in [9.17, 15) is 4.79 Å². The van der Waals surface area contributed by atoms with Crippen LogP contribution in [0.3, 0.4) is 0 Å². The van der Waals surface area contributed by atoms with E-state index >= 15 is 0 Å². The number of benzene rings is 1. The molecule has 20 heavy (non-hydrogen) atoms. The average Bonchev–Trinajstić information content (AvgIpc) is 2.96. The van der Waals surface area contributed by atoms with Crippen LogP contribution < -0.4 is 0 Å². The quantitative estimate of drug-likeness (QED) is 0.827. The van der Waals surface area contributed by atoms with Crippen molar-refractivity contribution in [3.63, 3.8) is 0 Å². The number of carboxylic acids is 1. The van der Waals surface area contributed by atoms with Crippen molar-refractivity contribution in [2.24, 2.45) is 0 Å². The number of rotatable bonds is 7. The number of likely N-dealkylation sites (tertiary alicyclic amines) is 1. The smallest absolute Gasteiger partial charge is 0.335 e. The molecule has 0 aliphatic carbocycles. The molecular weight excluding hydrogens is 252 g/mol. The van der Waals surface area contributed by atoms with Gasteiger partial charge < -0.3 is 14.9 Å². The molecule has 0 amide bonds. The third-order valence-electron chi connectivity index (χ3n) is 4.01. The average molecular weight is 276 g/mol. The van der Waals surface area contributed by atoms with Crippen LogP contribution in [0.4, 0.5) is 0 Å². The monoisotopic (exact) mass is 276 g/mol. The molecule has 1 aromatic carbocycles. The lowest BCUT2D eigenvalue weighted by atomic mass is 10.0. The Balaban J connectivity index is 1.77. The molecule has 0 saturated carbocycles. The Kier molecular flexibility index (Phi) is 5.56. The largest absolute Gasteiger partial charge is 0.478 e. The summed E-state index contributed by atoms with van der Waals surface area (Å²) in [5.74, 6) is -0.833. The Morgan fingerprint density at radius 3 is 2.65 bits per heavy atom. The van der Waals surface area contributed by atoms with Gasteiger partial charge in [-0.05, 0) is 51.0 Å². The minimum atomic E-state index is -0.833. The van der Waals surface area contributed by atoms with Crippen molar-refractivity contribution >= 4 is 5.97 Å². The van der Waals surface area contributed by atoms with Gasteiger partial charge in [-0.15, -0.1) is 0 Å². The highest BCUT2D eigenvalue weighted by Gasteiger charge is 2.12. The maximum atomic E-state index is 11.1. The zero-order chi connectivity index (χ0) is 14.4. The molecule has 1 heterocycles. The van der Waals surface area contributed by atoms with Crippen LogP contribution in [-0.2, 0) is 6.42 Å². The minimum Gasteiger partial charge on any atom is -0.478 e. The van der Waals surface area contributed by atoms with Crippen molar-refractivity contribution in [2.45, 2.75) is 19.3 Å². The molecule has 1 aliphatic rings. The number of hydrogen-bond acceptors (Lipinski definition) is 3. The van der Waals surface area contributed by atoms with Crippen LogP contribution in [0.5, 0.6) is 0 Å². The lowest BCUT2D eigenvalue weighted by Crippen LogP contribution is -2.32. The van der Waals surface area contributed by atoms with Crippen LogP contribution in [0.25, 0.3) is 0 Å². The highest BCUT2D eigenvalue weighted by atomic mass is 16.4. The normalized spacial score (nSPS) is 15.9. The summed E-state index contributed by atoms with van der Waals surface area (Å²) in [4.78, 5) is 15.9. The second-order valence-corrected chi connectivity index (χ2v) is 5.56. The van der Waals surface area contributed by atoms with E-state index in [1.165, 1.54) is 25.9 Å². The van der Waals surface area contributed by atoms with Crippen LogP contribution in [-0.4, -0.2) is 60.6 Å². The van der Waals surface area contributed by atoms with Crippen LogP contribution in [0.15, 0.2) is 24.3 Å². The Morgan fingerprint density at radius 2 is 1.95 bits per heavy atom. The van der Waals surface area contributed by atoms with Gasteiger partial charge in [-0.1, -0.05) is 18.2 Å². The van der Waals surface area contributed by atoms with Crippen LogP contribution in [0.2, 0.25) is 0 Å². The van der Waals surface area contributed by atoms with Gasteiger partial charge >= 0.3 is 5.97 Å². The van der Waals surface area contributed by atoms with E-state index in [0.29, 0.717) is 5.56 Å². The Morgan fingerprint density at radius 1 is 1.25 bits per heavy atom. The maximum Gasteiger partial charge on any atom is 0.335 e. The first-order valence-corrected chi connectivity index (χ1v) is 7.39. The lowest BCUT2D eigenvalue weighted by Gasteiger charge is -2.21. The second kappa shape index (κ2) is 7.41. The van der Waals surface area contributed by atoms with Crippen LogP contribution in [0, 0.1) is 0 Å². The van der Waals surface area contributed by atoms with Crippen molar-refractivity contribution < 1.29 is 9.90 Å². The number of nitrogens with zero attached hydrogens (tertiary/aromatic N) is 2. The summed E-state index contributed by atoms with van der Waals surface area (Å²) < 4.78 is 0. The number of likely N-dealkylation sites (N-methyl/N-ethyl adjacent to an activating group) is 1. The van der Waals surface area contributed by atoms with E-state index in [-0.39, 0.29) is 0 Å². The Bertz CT molecular complexity index is 442. The number of carbonyl (C=O) groups is 1. The molecule has 1 aliphatic heterocycles. The zero-order valence-corrected chi connectivity index (χ0v) is 12.2. The molecule has 0 unspecified atom stereocenters. The van der Waals surface area contributed by atoms with Gasteiger partial charge in [0.25, 0.3) is 0 Å². The van der Waals surface area contributed by atoms with Gasteiger partial charge in [-0.3, -0.25) is 0 Å². The SMILES string of the molecule is CN(CCc1ccccc1C(=O)O)CCN1CCCC1. The first-order chi connectivity index (χ1) is 9.66. The Labute approximate surface area is 121 Å². The summed E-state index contributed by atoms with van der Waals surface area (Å²) >= 11 is 0. The molecule has 0 bridgehead atoms. The van der Waals surface area contributed by atoms with Crippen molar-refractivity contribution in [1.29, 1.82) is 0 Å². The predicted octanol–water partition coefficient (Wildman–Crippen LogP) is 1.95. The van der Waals surface area contributed by atoms with E-state index in [2.05, 4.69) is 16.8 Å². The Hall–Kier alpha value is -1.39. The van der Waals surface area contributed by atoms with Gasteiger partial charge in [-0.2, -0.15) is 0 Å². The first-order valence-electron chi connectivity index (χ1n) is 7.39. The van der Waals surface area contributed by atoms with Gasteiger partial charge in [0.1, 0.15) is 0 Å². The van der Waals surface area contributed by atoms with E-state index in [1.807, 2.05) is 12.1 Å². The molecule has 0 atom stereocenters. The third-order valence-corrected chi connectivity index (χ3v) is 4.01. The van der Waals surface area contributed by atoms with Crippen LogP contribution >= 0.6 is 0 Å². The molecule has 2 rings (SSSR count). The maximum absolute atomic E-state index is 11.1. The van der Waals surface area contributed by atoms with Crippen molar-refractivity contribution in [1.82, 2.24) is 9.80 Å². The topological polar surface area (TPSA) is 43.8 Å². The molecule has 4 nitrogen and oxygen atoms in total. The fourth-order valence-electron chi connectivity index (χ4n) is 2.69. The van der Waals surface area contributed by atoms with Gasteiger partial charge in [0.2, 0.25) is 0 Å². The highest BCUT2D eigenvalue weighted by molar-refractivity contribution is 5.89. The fraction of sp³-hybridized carbons (Fsp3) is 0.562. The molecule has 110 valence electrons. The summed E-state index contributed by atoms with van der Waals surface area (Å²) in [5.41, 5.74) is 1.36. The fourth-order valence-corrected chi connectivity index (χ4v) is 2.69. The van der Waals surface area contributed by atoms with E-state index in [0.717, 1.165) is 31.6 Å². The molecule has 1 saturated heterocycles. The summed E-state index contributed by atoms with van der Waals surface area (Å²) in [5, 5.41) is 9.16. The van der Waals surface area contributed by atoms with Gasteiger partial charge in [0.05, 0.1) is 5.56 Å². The van der Waals surface area contributed by atoms with E-state index < -0.39 is 5.97 Å². The first kappa shape index (κ1) is 15.0. The lowest BCUT2D eigenvalue weighted by molar-refractivity contribution is 0.0695. The van der Waals surface area contributed by atoms with Crippen molar-refractivity contribution in [3.8, 4) is 0 Å². The second-order valence-electron chi connectivity index (χ2n) is 5.56. The molecule has 1 fully saturated rings. The molecule has 0 spiro atoms. The third kappa shape index (κ3) is 4.32. The molecule has 0 radical (unpaired) electrons. The molecule has 4 heteroatoms. The standard InChI is InChI=1S/C16H24N2O2/c1-17(12-13-18-9-4-5-10-18)11-8-14-6-2-3-7-15(14)16(19)20/h2-3,6-7H,4-5,8-13H2,1H3,(H,19,20). The van der Waals surface area contributed by atoms with E-state index in [4.69, 9.17) is 5.11 Å². The summed E-state index contributed by atoms with van der Waals surface area (Å²) in [7, 11) is 2.11. The van der Waals surface area contributed by atoms with Gasteiger partial charge in [0.15, 0.2) is 0 Å². The van der Waals surface area contributed by atoms with Crippen molar-refractivity contribution in [3.05, 3.63) is 35.4 Å². The number of carboxylic acid groups (broad SMARTS) is 1. The molecule has 1 aromatic rings. The molecular formula is C16H24N2O2. The van der Waals surface area contributed by atoms with Gasteiger partial charge in [-0.25, -0.2) is 4.79 Å². The zero-order valence-electron chi connectivity index (χ0n) is 12.2. The highest BCUT2D eigenvalue weighted by Crippen LogP contribution is 2.10. The van der Waals surface area contributed by atoms with E-state index in [1.54, 1.807) is 12.1 Å². The molecule has 0 aromatic heterocycles. The number of aromatic carboxylic acids is 1. The van der Waals surface area contributed by atoms with Crippen molar-refractivity contribution in [2.75, 3.05) is 39.8 Å². The van der Waals surface area contributed by atoms with Gasteiger partial charge in [0, 0.05) is 19.6 Å². The summed E-state index contributed by atoms with van der Waals surface area (Å²) in [6, 6.07) is 7.29. The molecule has 1 N–H and O–H groups in total. The van der Waals surface area contributed by atoms with Crippen LogP contribution in [0.1, 0.15) is 28.8 Å². The minimum absolute atomic E-state index is 0.431. The number of hydrogen-bond donors (Lipinski definition) is 1. The summed E-state index contributed by atoms with van der Waals surface area (Å²) in [6.45, 7) is 5.54. The predicted molar refractivity (Wildman–Crippen MR) is 80.3 cm³/mol. The summed E-state index contributed by atoms with van der Waals surface area (Å²) in [6.07, 6.45) is 3.45.